The molecule has 4 atom stereocenters. The molecular weight excluding hydrogens is 522 g/mol. The predicted molar refractivity (Wildman–Crippen MR) is 139 cm³/mol. The summed E-state index contributed by atoms with van der Waals surface area (Å²) in [5.41, 5.74) is 16.6. The van der Waals surface area contributed by atoms with Gasteiger partial charge in [-0.05, 0) is 31.3 Å². The van der Waals surface area contributed by atoms with Gasteiger partial charge in [0.05, 0.1) is 18.8 Å². The maximum Gasteiger partial charge on any atom is 0.326 e. The number of rotatable bonds is 18. The molecule has 1 aromatic rings. The Kier molecular flexibility index (Phi) is 14.2. The summed E-state index contributed by atoms with van der Waals surface area (Å²) < 4.78 is 0. The zero-order chi connectivity index (χ0) is 28.7. The minimum absolute atomic E-state index is 0.0243. The zero-order valence-corrected chi connectivity index (χ0v) is 21.7. The highest BCUT2D eigenvalue weighted by atomic mass is 32.2. The number of hydrogen-bond donors (Lipinski definition) is 9. The Bertz CT molecular complexity index is 970. The van der Waals surface area contributed by atoms with E-state index in [4.69, 9.17) is 22.3 Å². The molecule has 3 amide bonds. The molecular formula is C21H35N9O7S. The second kappa shape index (κ2) is 16.8. The van der Waals surface area contributed by atoms with Crippen LogP contribution in [0.3, 0.4) is 0 Å². The monoisotopic (exact) mass is 557 g/mol. The van der Waals surface area contributed by atoms with Gasteiger partial charge in [-0.15, -0.1) is 0 Å². The van der Waals surface area contributed by atoms with Gasteiger partial charge in [0.15, 0.2) is 5.96 Å². The van der Waals surface area contributed by atoms with Crippen molar-refractivity contribution in [2.45, 2.75) is 56.3 Å². The van der Waals surface area contributed by atoms with Crippen molar-refractivity contribution in [2.75, 3.05) is 18.6 Å². The van der Waals surface area contributed by atoms with Crippen LogP contribution in [0.15, 0.2) is 17.5 Å². The minimum Gasteiger partial charge on any atom is -0.481 e. The summed E-state index contributed by atoms with van der Waals surface area (Å²) in [6.45, 7) is 0.164. The molecule has 0 saturated carbocycles. The molecule has 38 heavy (non-hydrogen) atoms. The Labute approximate surface area is 223 Å². The number of imidazole rings is 1. The minimum atomic E-state index is -1.38. The summed E-state index contributed by atoms with van der Waals surface area (Å²) in [5.74, 6) is -4.59. The first-order valence-electron chi connectivity index (χ1n) is 11.6. The van der Waals surface area contributed by atoms with Crippen LogP contribution < -0.4 is 33.2 Å². The molecule has 0 aliphatic heterocycles. The van der Waals surface area contributed by atoms with E-state index >= 15 is 0 Å². The summed E-state index contributed by atoms with van der Waals surface area (Å²) >= 11 is 1.41. The van der Waals surface area contributed by atoms with Gasteiger partial charge in [-0.2, -0.15) is 11.8 Å². The number of carboxylic acid groups (broad SMARTS) is 2. The van der Waals surface area contributed by atoms with Gasteiger partial charge in [-0.25, -0.2) is 9.78 Å². The summed E-state index contributed by atoms with van der Waals surface area (Å²) in [6, 6.07) is -5.01. The number of aliphatic carboxylic acids is 2. The van der Waals surface area contributed by atoms with E-state index in [2.05, 4.69) is 30.9 Å². The number of thioether (sulfide) groups is 1. The number of nitrogens with zero attached hydrogens (tertiary/aromatic N) is 2. The molecule has 0 aliphatic rings. The van der Waals surface area contributed by atoms with E-state index in [1.165, 1.54) is 24.3 Å². The van der Waals surface area contributed by atoms with Gasteiger partial charge in [-0.1, -0.05) is 0 Å². The summed E-state index contributed by atoms with van der Waals surface area (Å²) in [6.07, 6.45) is 4.38. The number of aliphatic imine (C=N–C) groups is 1. The lowest BCUT2D eigenvalue weighted by atomic mass is 10.1. The SMILES string of the molecule is CSCCC(NC(=O)C(N)CC(=O)O)C(=O)NC(Cc1cnc[nH]1)C(=O)NC(CCCN=C(N)N)C(=O)O. The van der Waals surface area contributed by atoms with E-state index in [-0.39, 0.29) is 38.2 Å². The van der Waals surface area contributed by atoms with Crippen LogP contribution in [-0.4, -0.2) is 98.5 Å². The Morgan fingerprint density at radius 1 is 1.03 bits per heavy atom. The second-order valence-electron chi connectivity index (χ2n) is 8.24. The Balaban J connectivity index is 3.02. The standard InChI is InChI=1S/C21H35N9O7S/c1-38-6-4-13(28-17(33)12(22)8-16(31)32)18(34)30-15(7-11-9-25-10-27-11)19(35)29-14(20(36)37)3-2-5-26-21(23)24/h9-10,12-15H,2-8,22H2,1H3,(H,25,27)(H,28,33)(H,29,35)(H,30,34)(H,31,32)(H,36,37)(H4,23,24,26). The van der Waals surface area contributed by atoms with Crippen LogP contribution in [0.2, 0.25) is 0 Å². The number of nitrogens with two attached hydrogens (primary N) is 3. The smallest absolute Gasteiger partial charge is 0.326 e. The maximum atomic E-state index is 13.1. The number of carboxylic acids is 2. The molecule has 0 spiro atoms. The number of aromatic nitrogens is 2. The van der Waals surface area contributed by atoms with Crippen LogP contribution in [0, 0.1) is 0 Å². The van der Waals surface area contributed by atoms with Crippen LogP contribution in [0.5, 0.6) is 0 Å². The first kappa shape index (κ1) is 32.2. The molecule has 0 radical (unpaired) electrons. The largest absolute Gasteiger partial charge is 0.481 e. The van der Waals surface area contributed by atoms with Crippen LogP contribution in [0.1, 0.15) is 31.4 Å². The molecule has 0 aromatic carbocycles. The first-order valence-corrected chi connectivity index (χ1v) is 13.0. The van der Waals surface area contributed by atoms with Crippen molar-refractivity contribution in [3.63, 3.8) is 0 Å². The number of aromatic amines is 1. The van der Waals surface area contributed by atoms with Gasteiger partial charge in [0.25, 0.3) is 0 Å². The summed E-state index contributed by atoms with van der Waals surface area (Å²) in [5, 5.41) is 25.8. The maximum absolute atomic E-state index is 13.1. The van der Waals surface area contributed by atoms with Gasteiger partial charge in [-0.3, -0.25) is 24.2 Å². The molecule has 17 heteroatoms. The van der Waals surface area contributed by atoms with Gasteiger partial charge < -0.3 is 48.3 Å². The molecule has 12 N–H and O–H groups in total. The average molecular weight is 558 g/mol. The Morgan fingerprint density at radius 3 is 2.21 bits per heavy atom. The van der Waals surface area contributed by atoms with E-state index in [0.29, 0.717) is 11.4 Å². The van der Waals surface area contributed by atoms with E-state index in [0.717, 1.165) is 0 Å². The average Bonchev–Trinajstić information content (AvgIpc) is 3.35. The normalized spacial score (nSPS) is 13.8. The van der Waals surface area contributed by atoms with Crippen LogP contribution in [0.4, 0.5) is 0 Å². The van der Waals surface area contributed by atoms with Crippen molar-refractivity contribution < 1.29 is 34.2 Å². The van der Waals surface area contributed by atoms with E-state index in [1.54, 1.807) is 6.26 Å². The highest BCUT2D eigenvalue weighted by molar-refractivity contribution is 7.98. The van der Waals surface area contributed by atoms with Crippen molar-refractivity contribution in [1.29, 1.82) is 0 Å². The number of guanidine groups is 1. The summed E-state index contributed by atoms with van der Waals surface area (Å²) in [4.78, 5) is 71.6. The van der Waals surface area contributed by atoms with Crippen molar-refractivity contribution in [3.05, 3.63) is 18.2 Å². The first-order chi connectivity index (χ1) is 17.9. The van der Waals surface area contributed by atoms with Gasteiger partial charge in [0, 0.05) is 24.9 Å². The fourth-order valence-corrected chi connectivity index (χ4v) is 3.67. The quantitative estimate of drug-likeness (QED) is 0.0499. The van der Waals surface area contributed by atoms with Crippen LogP contribution in [-0.2, 0) is 30.4 Å². The van der Waals surface area contributed by atoms with E-state index in [1.807, 2.05) is 0 Å². The van der Waals surface area contributed by atoms with Crippen LogP contribution in [0.25, 0.3) is 0 Å². The molecule has 0 fully saturated rings. The molecule has 0 bridgehead atoms. The predicted octanol–water partition coefficient (Wildman–Crippen LogP) is -2.90. The number of H-pyrrole nitrogens is 1. The number of carbonyl (C=O) groups is 5. The third-order valence-electron chi connectivity index (χ3n) is 5.15. The molecule has 1 rings (SSSR count). The third kappa shape index (κ3) is 12.4. The van der Waals surface area contributed by atoms with Gasteiger partial charge in [0.1, 0.15) is 18.1 Å². The highest BCUT2D eigenvalue weighted by Crippen LogP contribution is 2.06. The zero-order valence-electron chi connectivity index (χ0n) is 20.9. The van der Waals surface area contributed by atoms with E-state index in [9.17, 15) is 29.1 Å². The van der Waals surface area contributed by atoms with Crippen molar-refractivity contribution in [1.82, 2.24) is 25.9 Å². The third-order valence-corrected chi connectivity index (χ3v) is 5.79. The number of carbonyl (C=O) groups excluding carboxylic acids is 3. The molecule has 16 nitrogen and oxygen atoms in total. The molecule has 1 aromatic heterocycles. The lowest BCUT2D eigenvalue weighted by Crippen LogP contribution is -2.57. The molecule has 4 unspecified atom stereocenters. The Hall–Kier alpha value is -3.86. The van der Waals surface area contributed by atoms with Crippen molar-refractivity contribution >= 4 is 47.4 Å². The fourth-order valence-electron chi connectivity index (χ4n) is 3.20. The lowest BCUT2D eigenvalue weighted by molar-refractivity contribution is -0.142. The summed E-state index contributed by atoms with van der Waals surface area (Å²) in [7, 11) is 0. The van der Waals surface area contributed by atoms with Crippen molar-refractivity contribution in [2.24, 2.45) is 22.2 Å². The Morgan fingerprint density at radius 2 is 1.66 bits per heavy atom. The fraction of sp³-hybridized carbons (Fsp3) is 0.571. The van der Waals surface area contributed by atoms with Gasteiger partial charge >= 0.3 is 11.9 Å². The molecule has 0 aliphatic carbocycles. The molecule has 0 saturated heterocycles. The van der Waals surface area contributed by atoms with E-state index < -0.39 is 60.2 Å². The number of hydrogen-bond acceptors (Lipinski definition) is 9. The molecule has 212 valence electrons. The highest BCUT2D eigenvalue weighted by Gasteiger charge is 2.31. The van der Waals surface area contributed by atoms with Crippen LogP contribution >= 0.6 is 11.8 Å². The molecule has 1 heterocycles. The second-order valence-corrected chi connectivity index (χ2v) is 9.22. The number of nitrogens with one attached hydrogen (secondary N) is 4. The van der Waals surface area contributed by atoms with Crippen molar-refractivity contribution in [3.8, 4) is 0 Å². The van der Waals surface area contributed by atoms with Gasteiger partial charge in [0.2, 0.25) is 17.7 Å². The topological polar surface area (TPSA) is 281 Å². The number of amides is 3. The lowest BCUT2D eigenvalue weighted by Gasteiger charge is -2.25.